The number of hydrogen-bond donors (Lipinski definition) is 0. The first-order valence-electron chi connectivity index (χ1n) is 16.9. The molecule has 0 saturated carbocycles. The molecule has 0 aliphatic heterocycles. The third kappa shape index (κ3) is 4.96. The van der Waals surface area contributed by atoms with Crippen LogP contribution in [0.4, 0.5) is 0 Å². The Kier molecular flexibility index (Phi) is 6.84. The molecule has 0 bridgehead atoms. The summed E-state index contributed by atoms with van der Waals surface area (Å²) >= 11 is 0. The monoisotopic (exact) mass is 626 g/mol. The molecule has 2 nitrogen and oxygen atoms in total. The Balaban J connectivity index is 1.32. The minimum absolute atomic E-state index is 0.141. The minimum atomic E-state index is -0.141. The summed E-state index contributed by atoms with van der Waals surface area (Å²) in [4.78, 5) is 10.6. The lowest BCUT2D eigenvalue weighted by Gasteiger charge is -2.23. The molecule has 0 amide bonds. The van der Waals surface area contributed by atoms with Crippen molar-refractivity contribution in [2.24, 2.45) is 0 Å². The molecule has 1 heterocycles. The van der Waals surface area contributed by atoms with Gasteiger partial charge in [0, 0.05) is 22.1 Å². The Morgan fingerprint density at radius 1 is 0.367 bits per heavy atom. The number of rotatable bonds is 5. The molecule has 0 atom stereocenters. The van der Waals surface area contributed by atoms with Crippen molar-refractivity contribution in [3.8, 4) is 67.3 Å². The summed E-state index contributed by atoms with van der Waals surface area (Å²) in [5, 5.41) is 2.45. The fourth-order valence-corrected chi connectivity index (χ4v) is 7.58. The van der Waals surface area contributed by atoms with Gasteiger partial charge in [-0.3, -0.25) is 0 Å². The van der Waals surface area contributed by atoms with E-state index in [-0.39, 0.29) is 5.41 Å². The van der Waals surface area contributed by atoms with Crippen LogP contribution in [-0.4, -0.2) is 9.97 Å². The molecule has 8 aromatic rings. The average molecular weight is 627 g/mol. The van der Waals surface area contributed by atoms with Crippen molar-refractivity contribution in [3.63, 3.8) is 0 Å². The fourth-order valence-electron chi connectivity index (χ4n) is 7.58. The summed E-state index contributed by atoms with van der Waals surface area (Å²) in [6, 6.07) is 60.6. The first kappa shape index (κ1) is 29.1. The summed E-state index contributed by atoms with van der Waals surface area (Å²) < 4.78 is 0. The summed E-state index contributed by atoms with van der Waals surface area (Å²) in [7, 11) is 0. The quantitative estimate of drug-likeness (QED) is 0.190. The highest BCUT2D eigenvalue weighted by atomic mass is 14.9. The topological polar surface area (TPSA) is 25.8 Å². The van der Waals surface area contributed by atoms with E-state index in [0.717, 1.165) is 39.2 Å². The molecule has 7 aromatic carbocycles. The summed E-state index contributed by atoms with van der Waals surface area (Å²) in [6.45, 7) is 4.69. The minimum Gasteiger partial charge on any atom is -0.228 e. The van der Waals surface area contributed by atoms with Crippen molar-refractivity contribution < 1.29 is 0 Å². The van der Waals surface area contributed by atoms with Gasteiger partial charge in [0.25, 0.3) is 0 Å². The molecular weight excluding hydrogens is 593 g/mol. The normalized spacial score (nSPS) is 12.9. The molecule has 0 fully saturated rings. The maximum absolute atomic E-state index is 5.32. The van der Waals surface area contributed by atoms with Crippen molar-refractivity contribution >= 4 is 10.8 Å². The molecule has 49 heavy (non-hydrogen) atoms. The average Bonchev–Trinajstić information content (AvgIpc) is 3.41. The van der Waals surface area contributed by atoms with E-state index in [1.54, 1.807) is 0 Å². The molecule has 9 rings (SSSR count). The largest absolute Gasteiger partial charge is 0.228 e. The highest BCUT2D eigenvalue weighted by Gasteiger charge is 2.37. The molecule has 1 aromatic heterocycles. The third-order valence-corrected chi connectivity index (χ3v) is 10.1. The lowest BCUT2D eigenvalue weighted by Crippen LogP contribution is -2.15. The van der Waals surface area contributed by atoms with Crippen LogP contribution in [0.5, 0.6) is 0 Å². The highest BCUT2D eigenvalue weighted by molar-refractivity contribution is 6.08. The number of aromatic nitrogens is 2. The zero-order valence-corrected chi connectivity index (χ0v) is 27.6. The van der Waals surface area contributed by atoms with Crippen molar-refractivity contribution in [2.75, 3.05) is 0 Å². The molecule has 232 valence electrons. The molecule has 0 saturated heterocycles. The maximum atomic E-state index is 5.32. The lowest BCUT2D eigenvalue weighted by molar-refractivity contribution is 0.661. The second kappa shape index (κ2) is 11.5. The number of hydrogen-bond acceptors (Lipinski definition) is 2. The molecule has 0 unspecified atom stereocenters. The zero-order valence-electron chi connectivity index (χ0n) is 27.6. The molecule has 0 N–H and O–H groups in total. The Morgan fingerprint density at radius 3 is 1.53 bits per heavy atom. The van der Waals surface area contributed by atoms with Crippen LogP contribution in [0.3, 0.4) is 0 Å². The van der Waals surface area contributed by atoms with Crippen molar-refractivity contribution in [2.45, 2.75) is 19.3 Å². The number of benzene rings is 7. The van der Waals surface area contributed by atoms with Crippen LogP contribution in [0.2, 0.25) is 0 Å². The van der Waals surface area contributed by atoms with E-state index in [1.165, 1.54) is 44.2 Å². The predicted octanol–water partition coefficient (Wildman–Crippen LogP) is 12.3. The van der Waals surface area contributed by atoms with Crippen LogP contribution in [0.15, 0.2) is 170 Å². The van der Waals surface area contributed by atoms with E-state index in [0.29, 0.717) is 5.82 Å². The summed E-state index contributed by atoms with van der Waals surface area (Å²) in [5.74, 6) is 0.714. The molecule has 0 radical (unpaired) electrons. The van der Waals surface area contributed by atoms with E-state index in [9.17, 15) is 0 Å². The van der Waals surface area contributed by atoms with Gasteiger partial charge in [-0.25, -0.2) is 9.97 Å². The van der Waals surface area contributed by atoms with Gasteiger partial charge in [-0.15, -0.1) is 0 Å². The van der Waals surface area contributed by atoms with Gasteiger partial charge in [0.2, 0.25) is 0 Å². The van der Waals surface area contributed by atoms with E-state index in [1.807, 2.05) is 6.07 Å². The highest BCUT2D eigenvalue weighted by Crippen LogP contribution is 2.53. The van der Waals surface area contributed by atoms with Gasteiger partial charge in [-0.2, -0.15) is 0 Å². The number of fused-ring (bicyclic) bond motifs is 5. The second-order valence-corrected chi connectivity index (χ2v) is 13.4. The Morgan fingerprint density at radius 2 is 0.878 bits per heavy atom. The third-order valence-electron chi connectivity index (χ3n) is 10.1. The first-order chi connectivity index (χ1) is 24.0. The zero-order chi connectivity index (χ0) is 33.0. The fraction of sp³-hybridized carbons (Fsp3) is 0.0638. The van der Waals surface area contributed by atoms with Gasteiger partial charge >= 0.3 is 0 Å². The second-order valence-electron chi connectivity index (χ2n) is 13.4. The van der Waals surface area contributed by atoms with Crippen LogP contribution in [0.25, 0.3) is 78.1 Å². The van der Waals surface area contributed by atoms with Crippen molar-refractivity contribution in [1.82, 2.24) is 9.97 Å². The maximum Gasteiger partial charge on any atom is 0.160 e. The molecule has 1 aliphatic rings. The SMILES string of the molecule is CC1(C)c2ccccc2-c2c1cc(-c1cc(-c3cc(-c4ccccc4)cc(-c4ccccc4)c3)nc(-c3ccccc3)n1)c1ccccc21. The smallest absolute Gasteiger partial charge is 0.160 e. The Bertz CT molecular complexity index is 2440. The summed E-state index contributed by atoms with van der Waals surface area (Å²) in [5.41, 5.74) is 14.9. The number of nitrogens with zero attached hydrogens (tertiary/aromatic N) is 2. The Hall–Kier alpha value is -6.12. The van der Waals surface area contributed by atoms with Crippen LogP contribution in [0, 0.1) is 0 Å². The van der Waals surface area contributed by atoms with Crippen molar-refractivity contribution in [3.05, 3.63) is 181 Å². The van der Waals surface area contributed by atoms with E-state index in [2.05, 4.69) is 178 Å². The van der Waals surface area contributed by atoms with Gasteiger partial charge in [-0.1, -0.05) is 153 Å². The van der Waals surface area contributed by atoms with Gasteiger partial charge in [0.1, 0.15) is 0 Å². The first-order valence-corrected chi connectivity index (χ1v) is 16.9. The van der Waals surface area contributed by atoms with E-state index in [4.69, 9.17) is 9.97 Å². The van der Waals surface area contributed by atoms with Crippen molar-refractivity contribution in [1.29, 1.82) is 0 Å². The van der Waals surface area contributed by atoms with Crippen LogP contribution in [0.1, 0.15) is 25.0 Å². The lowest BCUT2D eigenvalue weighted by atomic mass is 9.81. The van der Waals surface area contributed by atoms with Crippen LogP contribution >= 0.6 is 0 Å². The Labute approximate surface area is 287 Å². The molecule has 2 heteroatoms. The van der Waals surface area contributed by atoms with Gasteiger partial charge in [0.15, 0.2) is 5.82 Å². The van der Waals surface area contributed by atoms with E-state index < -0.39 is 0 Å². The summed E-state index contributed by atoms with van der Waals surface area (Å²) in [6.07, 6.45) is 0. The molecule has 0 spiro atoms. The van der Waals surface area contributed by atoms with Gasteiger partial charge in [0.05, 0.1) is 11.4 Å². The predicted molar refractivity (Wildman–Crippen MR) is 204 cm³/mol. The van der Waals surface area contributed by atoms with E-state index >= 15 is 0 Å². The molecular formula is C47H34N2. The molecule has 1 aliphatic carbocycles. The standard InChI is InChI=1S/C47H34N2/c1-47(2)41-25-15-14-24-39(41)45-38-23-13-12-22-37(38)40(29-42(45)47)44-30-43(48-46(49-44)33-20-10-5-11-21-33)36-27-34(31-16-6-3-7-17-31)26-35(28-36)32-18-8-4-9-19-32/h3-30H,1-2H3. The van der Waals surface area contributed by atoms with Gasteiger partial charge < -0.3 is 0 Å². The van der Waals surface area contributed by atoms with Crippen LogP contribution < -0.4 is 0 Å². The van der Waals surface area contributed by atoms with Crippen LogP contribution in [-0.2, 0) is 5.41 Å². The van der Waals surface area contributed by atoms with Gasteiger partial charge in [-0.05, 0) is 85.6 Å².